The van der Waals surface area contributed by atoms with Gasteiger partial charge in [-0.05, 0) is 12.5 Å². The minimum absolute atomic E-state index is 0.184. The Morgan fingerprint density at radius 3 is 2.71 bits per heavy atom. The zero-order valence-electron chi connectivity index (χ0n) is 9.50. The molecule has 2 N–H and O–H groups in total. The summed E-state index contributed by atoms with van der Waals surface area (Å²) in [5.41, 5.74) is 0.998. The Hall–Kier alpha value is -1.94. The number of nitrogens with zero attached hydrogens (tertiary/aromatic N) is 2. The molecule has 0 atom stereocenters. The number of anilines is 1. The molecule has 1 aromatic heterocycles. The topological polar surface area (TPSA) is 58.0 Å². The van der Waals surface area contributed by atoms with Crippen LogP contribution < -0.4 is 5.32 Å². The quantitative estimate of drug-likeness (QED) is 0.769. The van der Waals surface area contributed by atoms with Gasteiger partial charge in [-0.2, -0.15) is 0 Å². The molecule has 0 amide bonds. The summed E-state index contributed by atoms with van der Waals surface area (Å²) >= 11 is 0. The largest absolute Gasteiger partial charge is 0.396 e. The minimum atomic E-state index is 0.184. The molecule has 0 fully saturated rings. The lowest BCUT2D eigenvalue weighted by atomic mass is 10.2. The summed E-state index contributed by atoms with van der Waals surface area (Å²) in [5, 5.41) is 11.8. The summed E-state index contributed by atoms with van der Waals surface area (Å²) in [7, 11) is 0. The first kappa shape index (κ1) is 11.5. The highest BCUT2D eigenvalue weighted by atomic mass is 16.3. The van der Waals surface area contributed by atoms with E-state index in [4.69, 9.17) is 5.11 Å². The molecular weight excluding hydrogens is 214 g/mol. The maximum atomic E-state index is 8.70. The zero-order chi connectivity index (χ0) is 11.9. The van der Waals surface area contributed by atoms with Crippen molar-refractivity contribution in [3.63, 3.8) is 0 Å². The second-order valence-electron chi connectivity index (χ2n) is 3.64. The highest BCUT2D eigenvalue weighted by molar-refractivity contribution is 5.56. The lowest BCUT2D eigenvalue weighted by Gasteiger charge is -2.05. The normalized spacial score (nSPS) is 10.2. The average Bonchev–Trinajstić information content (AvgIpc) is 2.41. The van der Waals surface area contributed by atoms with Gasteiger partial charge < -0.3 is 10.4 Å². The van der Waals surface area contributed by atoms with Crippen LogP contribution >= 0.6 is 0 Å². The van der Waals surface area contributed by atoms with Gasteiger partial charge >= 0.3 is 0 Å². The molecular formula is C13H15N3O. The molecule has 4 heteroatoms. The van der Waals surface area contributed by atoms with Crippen LogP contribution in [0.1, 0.15) is 6.42 Å². The maximum absolute atomic E-state index is 8.70. The van der Waals surface area contributed by atoms with Gasteiger partial charge in [0.05, 0.1) is 0 Å². The van der Waals surface area contributed by atoms with E-state index < -0.39 is 0 Å². The monoisotopic (exact) mass is 229 g/mol. The van der Waals surface area contributed by atoms with Gasteiger partial charge in [-0.3, -0.25) is 0 Å². The maximum Gasteiger partial charge on any atom is 0.161 e. The Labute approximate surface area is 100 Å². The summed E-state index contributed by atoms with van der Waals surface area (Å²) < 4.78 is 0. The van der Waals surface area contributed by atoms with Crippen LogP contribution in [0.2, 0.25) is 0 Å². The molecule has 2 rings (SSSR count). The second-order valence-corrected chi connectivity index (χ2v) is 3.64. The smallest absolute Gasteiger partial charge is 0.161 e. The summed E-state index contributed by atoms with van der Waals surface area (Å²) in [6, 6.07) is 11.7. The number of benzene rings is 1. The van der Waals surface area contributed by atoms with Crippen molar-refractivity contribution in [1.29, 1.82) is 0 Å². The molecule has 0 spiro atoms. The zero-order valence-corrected chi connectivity index (χ0v) is 9.50. The fourth-order valence-electron chi connectivity index (χ4n) is 1.48. The van der Waals surface area contributed by atoms with Crippen LogP contribution in [0.15, 0.2) is 42.6 Å². The first-order valence-corrected chi connectivity index (χ1v) is 5.63. The number of rotatable bonds is 5. The highest BCUT2D eigenvalue weighted by Crippen LogP contribution is 2.15. The van der Waals surface area contributed by atoms with Crippen LogP contribution in [0.4, 0.5) is 5.82 Å². The fraction of sp³-hybridized carbons (Fsp3) is 0.231. The third-order valence-corrected chi connectivity index (χ3v) is 2.33. The molecule has 0 unspecified atom stereocenters. The van der Waals surface area contributed by atoms with Gasteiger partial charge in [-0.15, -0.1) is 0 Å². The number of aromatic nitrogens is 2. The Bertz CT molecular complexity index is 459. The number of aliphatic hydroxyl groups excluding tert-OH is 1. The van der Waals surface area contributed by atoms with E-state index in [0.29, 0.717) is 18.8 Å². The van der Waals surface area contributed by atoms with E-state index in [9.17, 15) is 0 Å². The molecule has 17 heavy (non-hydrogen) atoms. The van der Waals surface area contributed by atoms with Gasteiger partial charge in [-0.1, -0.05) is 30.3 Å². The van der Waals surface area contributed by atoms with Gasteiger partial charge in [0, 0.05) is 24.9 Å². The summed E-state index contributed by atoms with van der Waals surface area (Å²) in [5.74, 6) is 1.49. The van der Waals surface area contributed by atoms with Crippen LogP contribution in [-0.2, 0) is 0 Å². The van der Waals surface area contributed by atoms with E-state index in [0.717, 1.165) is 11.4 Å². The van der Waals surface area contributed by atoms with Crippen LogP contribution in [0.3, 0.4) is 0 Å². The summed E-state index contributed by atoms with van der Waals surface area (Å²) in [6.07, 6.45) is 2.45. The van der Waals surface area contributed by atoms with Crippen LogP contribution in [0, 0.1) is 0 Å². The van der Waals surface area contributed by atoms with Crippen molar-refractivity contribution in [2.75, 3.05) is 18.5 Å². The molecule has 0 aliphatic rings. The van der Waals surface area contributed by atoms with E-state index in [1.165, 1.54) is 0 Å². The Morgan fingerprint density at radius 1 is 1.12 bits per heavy atom. The second kappa shape index (κ2) is 5.96. The minimum Gasteiger partial charge on any atom is -0.396 e. The Morgan fingerprint density at radius 2 is 1.94 bits per heavy atom. The molecule has 88 valence electrons. The molecule has 2 aromatic rings. The molecule has 0 aliphatic heterocycles. The predicted molar refractivity (Wildman–Crippen MR) is 67.7 cm³/mol. The highest BCUT2D eigenvalue weighted by Gasteiger charge is 2.01. The van der Waals surface area contributed by atoms with Crippen molar-refractivity contribution < 1.29 is 5.11 Å². The average molecular weight is 229 g/mol. The van der Waals surface area contributed by atoms with Crippen molar-refractivity contribution in [2.45, 2.75) is 6.42 Å². The van der Waals surface area contributed by atoms with E-state index in [1.807, 2.05) is 36.4 Å². The predicted octanol–water partition coefficient (Wildman–Crippen LogP) is 1.94. The van der Waals surface area contributed by atoms with Crippen molar-refractivity contribution in [3.05, 3.63) is 42.6 Å². The van der Waals surface area contributed by atoms with Crippen molar-refractivity contribution in [3.8, 4) is 11.4 Å². The number of nitrogens with one attached hydrogen (secondary N) is 1. The Balaban J connectivity index is 2.12. The van der Waals surface area contributed by atoms with E-state index in [1.54, 1.807) is 6.20 Å². The standard InChI is InChI=1S/C13H15N3O/c17-10-4-8-14-12-7-9-15-13(16-12)11-5-2-1-3-6-11/h1-3,5-7,9,17H,4,8,10H2,(H,14,15,16). The van der Waals surface area contributed by atoms with E-state index in [-0.39, 0.29) is 6.61 Å². The van der Waals surface area contributed by atoms with Crippen molar-refractivity contribution >= 4 is 5.82 Å². The van der Waals surface area contributed by atoms with Crippen LogP contribution in [0.5, 0.6) is 0 Å². The van der Waals surface area contributed by atoms with Crippen molar-refractivity contribution in [1.82, 2.24) is 9.97 Å². The number of hydrogen-bond acceptors (Lipinski definition) is 4. The van der Waals surface area contributed by atoms with E-state index in [2.05, 4.69) is 15.3 Å². The molecule has 0 bridgehead atoms. The van der Waals surface area contributed by atoms with E-state index >= 15 is 0 Å². The fourth-order valence-corrected chi connectivity index (χ4v) is 1.48. The van der Waals surface area contributed by atoms with Gasteiger partial charge in [0.25, 0.3) is 0 Å². The van der Waals surface area contributed by atoms with Crippen LogP contribution in [0.25, 0.3) is 11.4 Å². The SMILES string of the molecule is OCCCNc1ccnc(-c2ccccc2)n1. The van der Waals surface area contributed by atoms with Gasteiger partial charge in [0.15, 0.2) is 5.82 Å². The molecule has 4 nitrogen and oxygen atoms in total. The van der Waals surface area contributed by atoms with Gasteiger partial charge in [0.2, 0.25) is 0 Å². The first-order chi connectivity index (χ1) is 8.40. The summed E-state index contributed by atoms with van der Waals surface area (Å²) in [4.78, 5) is 8.65. The lowest BCUT2D eigenvalue weighted by Crippen LogP contribution is -2.05. The molecule has 0 aliphatic carbocycles. The van der Waals surface area contributed by atoms with Crippen molar-refractivity contribution in [2.24, 2.45) is 0 Å². The summed E-state index contributed by atoms with van der Waals surface area (Å²) in [6.45, 7) is 0.894. The third-order valence-electron chi connectivity index (χ3n) is 2.33. The first-order valence-electron chi connectivity index (χ1n) is 5.63. The molecule has 0 saturated heterocycles. The molecule has 0 saturated carbocycles. The van der Waals surface area contributed by atoms with Gasteiger partial charge in [-0.25, -0.2) is 9.97 Å². The third kappa shape index (κ3) is 3.26. The number of aliphatic hydroxyl groups is 1. The molecule has 0 radical (unpaired) electrons. The Kier molecular flexibility index (Phi) is 4.05. The molecule has 1 aromatic carbocycles. The van der Waals surface area contributed by atoms with Crippen LogP contribution in [-0.4, -0.2) is 28.2 Å². The lowest BCUT2D eigenvalue weighted by molar-refractivity contribution is 0.292. The molecule has 1 heterocycles. The van der Waals surface area contributed by atoms with Gasteiger partial charge in [0.1, 0.15) is 5.82 Å². The number of hydrogen-bond donors (Lipinski definition) is 2.